The van der Waals surface area contributed by atoms with E-state index in [-0.39, 0.29) is 5.92 Å². The number of benzene rings is 1. The molecule has 24 heavy (non-hydrogen) atoms. The Morgan fingerprint density at radius 2 is 1.42 bits per heavy atom. The zero-order valence-corrected chi connectivity index (χ0v) is 15.6. The highest BCUT2D eigenvalue weighted by atomic mass is 28.3. The van der Waals surface area contributed by atoms with E-state index in [9.17, 15) is 13.2 Å². The Morgan fingerprint density at radius 1 is 0.875 bits per heavy atom. The van der Waals surface area contributed by atoms with E-state index in [4.69, 9.17) is 0 Å². The largest absolute Gasteiger partial charge is 0.204 e. The summed E-state index contributed by atoms with van der Waals surface area (Å²) in [6, 6.07) is 5.25. The van der Waals surface area contributed by atoms with Gasteiger partial charge in [0, 0.05) is 0 Å². The molecule has 1 saturated carbocycles. The Kier molecular flexibility index (Phi) is 5.85. The Hall–Kier alpha value is -1.03. The average molecular weight is 353 g/mol. The van der Waals surface area contributed by atoms with Gasteiger partial charge in [-0.05, 0) is 68.1 Å². The molecule has 0 N–H and O–H groups in total. The molecule has 0 spiro atoms. The van der Waals surface area contributed by atoms with E-state index in [1.54, 1.807) is 0 Å². The fraction of sp³-hybridized carbons (Fsp3) is 0.600. The first-order valence-corrected chi connectivity index (χ1v) is 11.7. The van der Waals surface area contributed by atoms with Crippen LogP contribution in [0.5, 0.6) is 0 Å². The molecule has 0 nitrogen and oxygen atoms in total. The quantitative estimate of drug-likeness (QED) is 0.453. The van der Waals surface area contributed by atoms with Crippen LogP contribution in [0.25, 0.3) is 0 Å². The molecule has 132 valence electrons. The molecule has 3 rings (SSSR count). The molecule has 4 heteroatoms. The van der Waals surface area contributed by atoms with Gasteiger partial charge < -0.3 is 0 Å². The Bertz CT molecular complexity index is 560. The van der Waals surface area contributed by atoms with E-state index in [2.05, 4.69) is 18.7 Å². The van der Waals surface area contributed by atoms with Crippen LogP contribution in [-0.2, 0) is 0 Å². The first kappa shape index (κ1) is 17.8. The number of allylic oxidation sites excluding steroid dienone is 1. The highest BCUT2D eigenvalue weighted by molar-refractivity contribution is 6.64. The molecule has 2 aliphatic rings. The highest BCUT2D eigenvalue weighted by Gasteiger charge is 2.31. The third kappa shape index (κ3) is 3.96. The molecule has 1 aliphatic carbocycles. The average Bonchev–Trinajstić information content (AvgIpc) is 2.60. The Morgan fingerprint density at radius 3 is 1.96 bits per heavy atom. The van der Waals surface area contributed by atoms with Gasteiger partial charge in [-0.25, -0.2) is 13.2 Å². The zero-order valence-electron chi connectivity index (χ0n) is 14.4. The van der Waals surface area contributed by atoms with Crippen LogP contribution in [0, 0.1) is 29.3 Å². The maximum Gasteiger partial charge on any atom is 0.194 e. The van der Waals surface area contributed by atoms with E-state index in [0.29, 0.717) is 5.56 Å². The van der Waals surface area contributed by atoms with Crippen LogP contribution in [-0.4, -0.2) is 8.80 Å². The van der Waals surface area contributed by atoms with Gasteiger partial charge in [0.2, 0.25) is 0 Å². The van der Waals surface area contributed by atoms with E-state index in [1.165, 1.54) is 37.1 Å². The van der Waals surface area contributed by atoms with Crippen LogP contribution >= 0.6 is 0 Å². The molecule has 0 atom stereocenters. The van der Waals surface area contributed by atoms with Crippen LogP contribution in [0.1, 0.15) is 56.9 Å². The Balaban J connectivity index is 1.55. The lowest BCUT2D eigenvalue weighted by Crippen LogP contribution is -2.27. The van der Waals surface area contributed by atoms with Crippen molar-refractivity contribution in [2.45, 2.75) is 63.5 Å². The molecule has 2 fully saturated rings. The van der Waals surface area contributed by atoms with Crippen molar-refractivity contribution in [3.05, 3.63) is 46.9 Å². The molecular weight excluding hydrogens is 325 g/mol. The molecule has 1 saturated heterocycles. The van der Waals surface area contributed by atoms with Gasteiger partial charge in [0.15, 0.2) is 17.5 Å². The van der Waals surface area contributed by atoms with Crippen LogP contribution in [0.15, 0.2) is 23.9 Å². The predicted octanol–water partition coefficient (Wildman–Crippen LogP) is 6.13. The normalized spacial score (nSPS) is 31.5. The molecule has 1 aromatic rings. The van der Waals surface area contributed by atoms with Gasteiger partial charge >= 0.3 is 0 Å². The van der Waals surface area contributed by atoms with Crippen LogP contribution in [0.3, 0.4) is 0 Å². The summed E-state index contributed by atoms with van der Waals surface area (Å²) in [6.45, 7) is 2.13. The maximum absolute atomic E-state index is 13.4. The van der Waals surface area contributed by atoms with E-state index in [1.807, 2.05) is 0 Å². The number of rotatable bonds is 3. The second-order valence-electron chi connectivity index (χ2n) is 7.61. The third-order valence-corrected chi connectivity index (χ3v) is 9.28. The predicted molar refractivity (Wildman–Crippen MR) is 95.3 cm³/mol. The lowest BCUT2D eigenvalue weighted by molar-refractivity contribution is 0.216. The van der Waals surface area contributed by atoms with Gasteiger partial charge in [0.05, 0.1) is 8.80 Å². The van der Waals surface area contributed by atoms with Crippen molar-refractivity contribution in [1.82, 2.24) is 0 Å². The van der Waals surface area contributed by atoms with Gasteiger partial charge in [0.1, 0.15) is 0 Å². The first-order chi connectivity index (χ1) is 11.6. The fourth-order valence-corrected chi connectivity index (χ4v) is 7.75. The minimum absolute atomic E-state index is 0.180. The van der Waals surface area contributed by atoms with Crippen molar-refractivity contribution in [3.8, 4) is 0 Å². The SMILES string of the molecule is C/C=C/[SiH]1CCC(C2CCC(c3cc(F)c(F)c(F)c3)CC2)CC1. The van der Waals surface area contributed by atoms with Crippen LogP contribution in [0.2, 0.25) is 12.1 Å². The number of hydrogen-bond donors (Lipinski definition) is 0. The topological polar surface area (TPSA) is 0 Å². The summed E-state index contributed by atoms with van der Waals surface area (Å²) in [5, 5.41) is 0. The highest BCUT2D eigenvalue weighted by Crippen LogP contribution is 2.43. The van der Waals surface area contributed by atoms with Crippen molar-refractivity contribution in [1.29, 1.82) is 0 Å². The van der Waals surface area contributed by atoms with Gasteiger partial charge in [-0.15, -0.1) is 5.70 Å². The van der Waals surface area contributed by atoms with E-state index in [0.717, 1.165) is 37.5 Å². The van der Waals surface area contributed by atoms with Crippen LogP contribution < -0.4 is 0 Å². The number of hydrogen-bond acceptors (Lipinski definition) is 0. The zero-order chi connectivity index (χ0) is 17.1. The first-order valence-electron chi connectivity index (χ1n) is 9.35. The second kappa shape index (κ2) is 7.90. The maximum atomic E-state index is 13.4. The van der Waals surface area contributed by atoms with E-state index >= 15 is 0 Å². The molecule has 1 aliphatic heterocycles. The van der Waals surface area contributed by atoms with Crippen molar-refractivity contribution in [2.24, 2.45) is 11.8 Å². The second-order valence-corrected chi connectivity index (χ2v) is 10.7. The monoisotopic (exact) mass is 352 g/mol. The summed E-state index contributed by atoms with van der Waals surface area (Å²) in [4.78, 5) is 0. The number of halogens is 3. The fourth-order valence-electron chi connectivity index (χ4n) is 4.82. The lowest BCUT2D eigenvalue weighted by Gasteiger charge is -2.37. The van der Waals surface area contributed by atoms with Crippen molar-refractivity contribution in [3.63, 3.8) is 0 Å². The molecular formula is C20H27F3Si. The third-order valence-electron chi connectivity index (χ3n) is 6.20. The Labute approximate surface area is 144 Å². The van der Waals surface area contributed by atoms with Crippen LogP contribution in [0.4, 0.5) is 13.2 Å². The minimum atomic E-state index is -1.35. The molecule has 0 amide bonds. The summed E-state index contributed by atoms with van der Waals surface area (Å²) in [5.41, 5.74) is 3.11. The van der Waals surface area contributed by atoms with Crippen molar-refractivity contribution < 1.29 is 13.2 Å². The summed E-state index contributed by atoms with van der Waals surface area (Å²) in [7, 11) is -0.596. The summed E-state index contributed by atoms with van der Waals surface area (Å²) < 4.78 is 40.0. The van der Waals surface area contributed by atoms with Crippen molar-refractivity contribution in [2.75, 3.05) is 0 Å². The summed E-state index contributed by atoms with van der Waals surface area (Å²) >= 11 is 0. The van der Waals surface area contributed by atoms with Gasteiger partial charge in [-0.1, -0.05) is 31.0 Å². The molecule has 0 radical (unpaired) electrons. The molecule has 0 bridgehead atoms. The van der Waals surface area contributed by atoms with E-state index < -0.39 is 26.2 Å². The lowest BCUT2D eigenvalue weighted by atomic mass is 9.72. The molecule has 0 unspecified atom stereocenters. The molecule has 1 aromatic carbocycles. The minimum Gasteiger partial charge on any atom is -0.204 e. The molecule has 1 heterocycles. The standard InChI is InChI=1S/C20H27F3Si/c1-2-9-24-10-7-16(8-11-24)14-3-5-15(6-4-14)17-12-18(21)20(23)19(22)13-17/h2,9,12-16,24H,3-8,10-11H2,1H3/b9-2+. The van der Waals surface area contributed by atoms with Gasteiger partial charge in [0.25, 0.3) is 0 Å². The summed E-state index contributed by atoms with van der Waals surface area (Å²) in [5.74, 6) is -1.66. The van der Waals surface area contributed by atoms with Gasteiger partial charge in [-0.3, -0.25) is 0 Å². The van der Waals surface area contributed by atoms with Gasteiger partial charge in [-0.2, -0.15) is 0 Å². The summed E-state index contributed by atoms with van der Waals surface area (Å²) in [6.07, 6.45) is 9.20. The molecule has 0 aromatic heterocycles. The smallest absolute Gasteiger partial charge is 0.194 e. The van der Waals surface area contributed by atoms with Crippen molar-refractivity contribution >= 4 is 8.80 Å².